The highest BCUT2D eigenvalue weighted by Crippen LogP contribution is 2.32. The Morgan fingerprint density at radius 2 is 2.00 bits per heavy atom. The van der Waals surface area contributed by atoms with Crippen LogP contribution in [0.5, 0.6) is 5.88 Å². The molecule has 4 rings (SSSR count). The van der Waals surface area contributed by atoms with Crippen molar-refractivity contribution in [1.82, 2.24) is 24.4 Å². The zero-order valence-electron chi connectivity index (χ0n) is 15.3. The minimum absolute atomic E-state index is 0.195. The number of carbonyl (C=O) groups excluding carboxylic acids is 1. The number of imidazole rings is 1. The normalized spacial score (nSPS) is 20.0. The first-order valence-electron chi connectivity index (χ1n) is 9.07. The predicted molar refractivity (Wildman–Crippen MR) is 96.0 cm³/mol. The van der Waals surface area contributed by atoms with E-state index in [9.17, 15) is 4.79 Å². The average Bonchev–Trinajstić information content (AvgIpc) is 3.08. The maximum atomic E-state index is 13.3. The summed E-state index contributed by atoms with van der Waals surface area (Å²) in [4.78, 5) is 30.3. The van der Waals surface area contributed by atoms with E-state index in [1.807, 2.05) is 16.5 Å². The molecule has 0 aromatic carbocycles. The molecular weight excluding hydrogens is 332 g/mol. The molecule has 0 bridgehead atoms. The van der Waals surface area contributed by atoms with Crippen LogP contribution in [-0.2, 0) is 18.4 Å². The lowest BCUT2D eigenvalue weighted by Crippen LogP contribution is -2.45. The number of hydrogen-bond acceptors (Lipinski definition) is 6. The number of ether oxygens (including phenoxy) is 1. The van der Waals surface area contributed by atoms with Gasteiger partial charge in [-0.05, 0) is 19.3 Å². The van der Waals surface area contributed by atoms with Crippen LogP contribution in [0.25, 0.3) is 0 Å². The minimum atomic E-state index is -0.231. The highest BCUT2D eigenvalue weighted by atomic mass is 16.5. The Kier molecular flexibility index (Phi) is 4.48. The first-order valence-corrected chi connectivity index (χ1v) is 9.07. The van der Waals surface area contributed by atoms with Gasteiger partial charge in [0.05, 0.1) is 37.3 Å². The molecule has 0 aliphatic carbocycles. The van der Waals surface area contributed by atoms with E-state index in [1.165, 1.54) is 12.7 Å². The van der Waals surface area contributed by atoms with Crippen molar-refractivity contribution in [3.05, 3.63) is 30.1 Å². The third kappa shape index (κ3) is 3.00. The van der Waals surface area contributed by atoms with E-state index < -0.39 is 0 Å². The van der Waals surface area contributed by atoms with Crippen molar-refractivity contribution in [3.63, 3.8) is 0 Å². The smallest absolute Gasteiger partial charge is 0.233 e. The number of piperidine rings is 1. The molecule has 2 aliphatic rings. The molecule has 4 heterocycles. The molecule has 1 atom stereocenters. The fourth-order valence-electron chi connectivity index (χ4n) is 3.93. The summed E-state index contributed by atoms with van der Waals surface area (Å²) in [5, 5.41) is 0. The number of methoxy groups -OCH3 is 1. The minimum Gasteiger partial charge on any atom is -0.481 e. The number of carbonyl (C=O) groups is 1. The number of fused-ring (bicyclic) bond motifs is 1. The van der Waals surface area contributed by atoms with Crippen LogP contribution in [0.15, 0.2) is 18.7 Å². The fraction of sp³-hybridized carbons (Fsp3) is 0.556. The number of rotatable bonds is 3. The SMILES string of the molecule is COc1cc(N2Cc3ncn(C)c3[C@@H](C(=O)N3CCCCC3)C2)ncn1. The van der Waals surface area contributed by atoms with Crippen molar-refractivity contribution >= 4 is 11.7 Å². The number of likely N-dealkylation sites (tertiary alicyclic amines) is 1. The predicted octanol–water partition coefficient (Wildman–Crippen LogP) is 1.33. The van der Waals surface area contributed by atoms with Crippen LogP contribution >= 0.6 is 0 Å². The molecule has 26 heavy (non-hydrogen) atoms. The van der Waals surface area contributed by atoms with E-state index in [0.29, 0.717) is 19.0 Å². The van der Waals surface area contributed by atoms with E-state index in [-0.39, 0.29) is 11.8 Å². The number of anilines is 1. The quantitative estimate of drug-likeness (QED) is 0.826. The number of amides is 1. The fourth-order valence-corrected chi connectivity index (χ4v) is 3.93. The second-order valence-electron chi connectivity index (χ2n) is 6.93. The number of hydrogen-bond donors (Lipinski definition) is 0. The Morgan fingerprint density at radius 3 is 2.77 bits per heavy atom. The van der Waals surface area contributed by atoms with Gasteiger partial charge in [0.25, 0.3) is 0 Å². The van der Waals surface area contributed by atoms with Gasteiger partial charge in [0, 0.05) is 32.7 Å². The van der Waals surface area contributed by atoms with Gasteiger partial charge < -0.3 is 19.1 Å². The summed E-state index contributed by atoms with van der Waals surface area (Å²) in [6.45, 7) is 2.91. The van der Waals surface area contributed by atoms with E-state index >= 15 is 0 Å². The van der Waals surface area contributed by atoms with Gasteiger partial charge in [-0.1, -0.05) is 0 Å². The largest absolute Gasteiger partial charge is 0.481 e. The van der Waals surface area contributed by atoms with Crippen LogP contribution in [0.2, 0.25) is 0 Å². The van der Waals surface area contributed by atoms with Crippen molar-refractivity contribution in [2.75, 3.05) is 31.6 Å². The Hall–Kier alpha value is -2.64. The molecule has 1 fully saturated rings. The van der Waals surface area contributed by atoms with Crippen molar-refractivity contribution in [1.29, 1.82) is 0 Å². The van der Waals surface area contributed by atoms with Crippen LogP contribution < -0.4 is 9.64 Å². The second-order valence-corrected chi connectivity index (χ2v) is 6.93. The molecule has 0 N–H and O–H groups in total. The summed E-state index contributed by atoms with van der Waals surface area (Å²) in [6, 6.07) is 1.80. The van der Waals surface area contributed by atoms with Crippen molar-refractivity contribution in [2.24, 2.45) is 7.05 Å². The van der Waals surface area contributed by atoms with Crippen molar-refractivity contribution in [2.45, 2.75) is 31.7 Å². The molecule has 0 unspecified atom stereocenters. The molecule has 2 aromatic heterocycles. The van der Waals surface area contributed by atoms with Crippen LogP contribution in [0, 0.1) is 0 Å². The van der Waals surface area contributed by atoms with E-state index in [0.717, 1.165) is 43.1 Å². The Morgan fingerprint density at radius 1 is 1.19 bits per heavy atom. The number of aromatic nitrogens is 4. The van der Waals surface area contributed by atoms with E-state index in [4.69, 9.17) is 4.74 Å². The highest BCUT2D eigenvalue weighted by Gasteiger charge is 2.37. The Bertz CT molecular complexity index is 799. The van der Waals surface area contributed by atoms with Gasteiger partial charge in [0.1, 0.15) is 12.1 Å². The lowest BCUT2D eigenvalue weighted by Gasteiger charge is -2.36. The zero-order chi connectivity index (χ0) is 18.1. The summed E-state index contributed by atoms with van der Waals surface area (Å²) in [5.74, 6) is 1.23. The molecule has 138 valence electrons. The third-order valence-corrected chi connectivity index (χ3v) is 5.26. The van der Waals surface area contributed by atoms with Crippen LogP contribution in [-0.4, -0.2) is 57.1 Å². The van der Waals surface area contributed by atoms with Gasteiger partial charge in [-0.3, -0.25) is 4.79 Å². The first kappa shape index (κ1) is 16.8. The summed E-state index contributed by atoms with van der Waals surface area (Å²) >= 11 is 0. The van der Waals surface area contributed by atoms with Gasteiger partial charge in [-0.2, -0.15) is 0 Å². The summed E-state index contributed by atoms with van der Waals surface area (Å²) < 4.78 is 7.20. The Balaban J connectivity index is 1.65. The molecule has 8 heteroatoms. The van der Waals surface area contributed by atoms with Gasteiger partial charge in [-0.15, -0.1) is 0 Å². The number of nitrogens with zero attached hydrogens (tertiary/aromatic N) is 6. The van der Waals surface area contributed by atoms with Crippen molar-refractivity contribution < 1.29 is 9.53 Å². The molecule has 2 aliphatic heterocycles. The zero-order valence-corrected chi connectivity index (χ0v) is 15.3. The lowest BCUT2D eigenvalue weighted by molar-refractivity contribution is -0.133. The van der Waals surface area contributed by atoms with Crippen molar-refractivity contribution in [3.8, 4) is 5.88 Å². The van der Waals surface area contributed by atoms with Gasteiger partial charge in [-0.25, -0.2) is 15.0 Å². The summed E-state index contributed by atoms with van der Waals surface area (Å²) in [6.07, 6.45) is 6.67. The van der Waals surface area contributed by atoms with Gasteiger partial charge in [0.15, 0.2) is 0 Å². The summed E-state index contributed by atoms with van der Waals surface area (Å²) in [5.41, 5.74) is 1.96. The first-order chi connectivity index (χ1) is 12.7. The highest BCUT2D eigenvalue weighted by molar-refractivity contribution is 5.85. The van der Waals surface area contributed by atoms with Crippen LogP contribution in [0.3, 0.4) is 0 Å². The maximum Gasteiger partial charge on any atom is 0.233 e. The Labute approximate surface area is 152 Å². The molecule has 8 nitrogen and oxygen atoms in total. The van der Waals surface area contributed by atoms with Crippen LogP contribution in [0.1, 0.15) is 36.6 Å². The topological polar surface area (TPSA) is 76.4 Å². The number of aryl methyl sites for hydroxylation is 1. The second kappa shape index (κ2) is 6.93. The standard InChI is InChI=1S/C18H24N6O2/c1-22-12-21-14-10-24(15-8-16(26-2)20-11-19-15)9-13(17(14)22)18(25)23-6-4-3-5-7-23/h8,11-13H,3-7,9-10H2,1-2H3/t13-/m0/s1. The average molecular weight is 356 g/mol. The molecule has 0 radical (unpaired) electrons. The van der Waals surface area contributed by atoms with Gasteiger partial charge >= 0.3 is 0 Å². The molecule has 2 aromatic rings. The van der Waals surface area contributed by atoms with E-state index in [2.05, 4.69) is 19.9 Å². The molecule has 1 amide bonds. The lowest BCUT2D eigenvalue weighted by atomic mass is 9.95. The summed E-state index contributed by atoms with van der Waals surface area (Å²) in [7, 11) is 3.55. The molecule has 1 saturated heterocycles. The van der Waals surface area contributed by atoms with Gasteiger partial charge in [0.2, 0.25) is 11.8 Å². The molecule has 0 saturated carbocycles. The van der Waals surface area contributed by atoms with Crippen LogP contribution in [0.4, 0.5) is 5.82 Å². The molecule has 0 spiro atoms. The maximum absolute atomic E-state index is 13.3. The third-order valence-electron chi connectivity index (χ3n) is 5.26. The molecular formula is C18H24N6O2. The van der Waals surface area contributed by atoms with E-state index in [1.54, 1.807) is 19.5 Å². The monoisotopic (exact) mass is 356 g/mol.